The van der Waals surface area contributed by atoms with E-state index in [9.17, 15) is 0 Å². The standard InChI is InChI=1S/C24H42O2/c1-2-3-4-5-6-7-8-9-10-11-12-13-14-15-16-17-18-19-20-21-22-23-24(25)26/h24-26H,2-10,15-23H2,1H3. The molecule has 2 nitrogen and oxygen atoms in total. The highest BCUT2D eigenvalue weighted by Gasteiger charge is 1.96. The minimum atomic E-state index is -1.13. The third kappa shape index (κ3) is 23.0. The smallest absolute Gasteiger partial charge is 0.151 e. The Morgan fingerprint density at radius 1 is 0.538 bits per heavy atom. The zero-order valence-electron chi connectivity index (χ0n) is 17.2. The SMILES string of the molecule is CCCCCCCCCCC#CC#CCCCCCCCCCC(O)O. The molecule has 2 N–H and O–H groups in total. The lowest BCUT2D eigenvalue weighted by atomic mass is 10.1. The molecule has 0 radical (unpaired) electrons. The van der Waals surface area contributed by atoms with E-state index < -0.39 is 6.29 Å². The number of unbranched alkanes of at least 4 members (excludes halogenated alkanes) is 15. The first-order valence-electron chi connectivity index (χ1n) is 11.1. The Morgan fingerprint density at radius 3 is 1.35 bits per heavy atom. The van der Waals surface area contributed by atoms with Crippen molar-refractivity contribution >= 4 is 0 Å². The molecular formula is C24H42O2. The predicted molar refractivity (Wildman–Crippen MR) is 113 cm³/mol. The van der Waals surface area contributed by atoms with Crippen molar-refractivity contribution in [2.45, 2.75) is 129 Å². The van der Waals surface area contributed by atoms with Crippen LogP contribution < -0.4 is 0 Å². The maximum Gasteiger partial charge on any atom is 0.151 e. The molecule has 0 bridgehead atoms. The minimum Gasteiger partial charge on any atom is -0.368 e. The van der Waals surface area contributed by atoms with Crippen LogP contribution in [0.5, 0.6) is 0 Å². The second kappa shape index (κ2) is 22.1. The summed E-state index contributed by atoms with van der Waals surface area (Å²) in [5.74, 6) is 12.3. The number of aliphatic hydroxyl groups excluding tert-OH is 1. The highest BCUT2D eigenvalue weighted by molar-refractivity contribution is 5.25. The summed E-state index contributed by atoms with van der Waals surface area (Å²) in [4.78, 5) is 0. The van der Waals surface area contributed by atoms with Crippen molar-refractivity contribution in [1.29, 1.82) is 0 Å². The van der Waals surface area contributed by atoms with Gasteiger partial charge in [0.15, 0.2) is 6.29 Å². The van der Waals surface area contributed by atoms with Crippen molar-refractivity contribution in [3.8, 4) is 23.7 Å². The second-order valence-corrected chi connectivity index (χ2v) is 7.32. The van der Waals surface area contributed by atoms with E-state index >= 15 is 0 Å². The first-order valence-corrected chi connectivity index (χ1v) is 11.1. The van der Waals surface area contributed by atoms with Crippen LogP contribution in [0, 0.1) is 23.7 Å². The van der Waals surface area contributed by atoms with Gasteiger partial charge in [0.2, 0.25) is 0 Å². The van der Waals surface area contributed by atoms with Gasteiger partial charge < -0.3 is 10.2 Å². The summed E-state index contributed by atoms with van der Waals surface area (Å²) in [5.41, 5.74) is 0. The molecule has 0 amide bonds. The summed E-state index contributed by atoms with van der Waals surface area (Å²) in [6.45, 7) is 2.26. The molecule has 0 aromatic carbocycles. The quantitative estimate of drug-likeness (QED) is 0.180. The fourth-order valence-corrected chi connectivity index (χ4v) is 2.98. The molecule has 2 heteroatoms. The van der Waals surface area contributed by atoms with E-state index in [0.29, 0.717) is 6.42 Å². The summed E-state index contributed by atoms with van der Waals surface area (Å²) >= 11 is 0. The monoisotopic (exact) mass is 362 g/mol. The predicted octanol–water partition coefficient (Wildman–Crippen LogP) is 6.35. The second-order valence-electron chi connectivity index (χ2n) is 7.32. The third-order valence-electron chi connectivity index (χ3n) is 4.66. The van der Waals surface area contributed by atoms with Gasteiger partial charge in [0.1, 0.15) is 0 Å². The molecule has 0 aromatic heterocycles. The molecule has 0 saturated heterocycles. The number of aliphatic hydroxyl groups is 2. The largest absolute Gasteiger partial charge is 0.368 e. The van der Waals surface area contributed by atoms with E-state index in [2.05, 4.69) is 30.6 Å². The summed E-state index contributed by atoms with van der Waals surface area (Å²) in [5, 5.41) is 17.5. The lowest BCUT2D eigenvalue weighted by molar-refractivity contribution is -0.0466. The number of hydrogen-bond donors (Lipinski definition) is 2. The average molecular weight is 363 g/mol. The van der Waals surface area contributed by atoms with Crippen molar-refractivity contribution in [2.75, 3.05) is 0 Å². The molecule has 0 unspecified atom stereocenters. The van der Waals surface area contributed by atoms with E-state index in [0.717, 1.165) is 25.7 Å². The topological polar surface area (TPSA) is 40.5 Å². The van der Waals surface area contributed by atoms with Crippen molar-refractivity contribution < 1.29 is 10.2 Å². The van der Waals surface area contributed by atoms with Crippen LogP contribution in [0.1, 0.15) is 122 Å². The summed E-state index contributed by atoms with van der Waals surface area (Å²) in [7, 11) is 0. The summed E-state index contributed by atoms with van der Waals surface area (Å²) in [6, 6.07) is 0. The molecule has 0 spiro atoms. The molecule has 0 aliphatic rings. The third-order valence-corrected chi connectivity index (χ3v) is 4.66. The fraction of sp³-hybridized carbons (Fsp3) is 0.833. The van der Waals surface area contributed by atoms with E-state index in [4.69, 9.17) is 10.2 Å². The molecule has 0 rings (SSSR count). The molecule has 0 aliphatic carbocycles. The van der Waals surface area contributed by atoms with Gasteiger partial charge in [-0.2, -0.15) is 0 Å². The Balaban J connectivity index is 3.24. The fourth-order valence-electron chi connectivity index (χ4n) is 2.98. The zero-order chi connectivity index (χ0) is 19.1. The van der Waals surface area contributed by atoms with Crippen molar-refractivity contribution in [2.24, 2.45) is 0 Å². The molecule has 0 aromatic rings. The molecule has 0 saturated carbocycles. The Morgan fingerprint density at radius 2 is 0.923 bits per heavy atom. The Kier molecular flexibility index (Phi) is 21.3. The van der Waals surface area contributed by atoms with Gasteiger partial charge >= 0.3 is 0 Å². The molecular weight excluding hydrogens is 320 g/mol. The lowest BCUT2D eigenvalue weighted by Crippen LogP contribution is -2.02. The molecule has 0 aliphatic heterocycles. The molecule has 150 valence electrons. The van der Waals surface area contributed by atoms with Crippen molar-refractivity contribution in [3.63, 3.8) is 0 Å². The Hall–Kier alpha value is -0.960. The van der Waals surface area contributed by atoms with Crippen LogP contribution in [0.15, 0.2) is 0 Å². The maximum atomic E-state index is 8.74. The van der Waals surface area contributed by atoms with E-state index in [1.165, 1.54) is 83.5 Å². The molecule has 26 heavy (non-hydrogen) atoms. The molecule has 0 fully saturated rings. The molecule has 0 atom stereocenters. The first-order chi connectivity index (χ1) is 12.8. The van der Waals surface area contributed by atoms with E-state index in [1.807, 2.05) is 0 Å². The van der Waals surface area contributed by atoms with Crippen LogP contribution in [0.2, 0.25) is 0 Å². The van der Waals surface area contributed by atoms with Gasteiger partial charge in [-0.3, -0.25) is 0 Å². The van der Waals surface area contributed by atoms with Crippen LogP contribution in [0.3, 0.4) is 0 Å². The first kappa shape index (κ1) is 25.0. The summed E-state index contributed by atoms with van der Waals surface area (Å²) in [6.07, 6.45) is 20.3. The van der Waals surface area contributed by atoms with Crippen molar-refractivity contribution in [3.05, 3.63) is 0 Å². The van der Waals surface area contributed by atoms with Gasteiger partial charge in [0.25, 0.3) is 0 Å². The zero-order valence-corrected chi connectivity index (χ0v) is 17.2. The van der Waals surface area contributed by atoms with Gasteiger partial charge in [-0.05, 0) is 37.5 Å². The van der Waals surface area contributed by atoms with Gasteiger partial charge in [0, 0.05) is 12.8 Å². The van der Waals surface area contributed by atoms with Gasteiger partial charge in [-0.15, -0.1) is 0 Å². The number of rotatable bonds is 17. The minimum absolute atomic E-state index is 0.510. The Bertz CT molecular complexity index is 392. The van der Waals surface area contributed by atoms with Crippen molar-refractivity contribution in [1.82, 2.24) is 0 Å². The van der Waals surface area contributed by atoms with Crippen LogP contribution in [0.25, 0.3) is 0 Å². The van der Waals surface area contributed by atoms with Gasteiger partial charge in [-0.25, -0.2) is 0 Å². The highest BCUT2D eigenvalue weighted by atomic mass is 16.5. The molecule has 0 heterocycles. The highest BCUT2D eigenvalue weighted by Crippen LogP contribution is 2.10. The normalized spacial score (nSPS) is 10.3. The summed E-state index contributed by atoms with van der Waals surface area (Å²) < 4.78 is 0. The average Bonchev–Trinajstić information content (AvgIpc) is 2.62. The van der Waals surface area contributed by atoms with Crippen LogP contribution in [-0.2, 0) is 0 Å². The van der Waals surface area contributed by atoms with Crippen LogP contribution >= 0.6 is 0 Å². The van der Waals surface area contributed by atoms with Crippen LogP contribution in [0.4, 0.5) is 0 Å². The van der Waals surface area contributed by atoms with E-state index in [-0.39, 0.29) is 0 Å². The van der Waals surface area contributed by atoms with Crippen LogP contribution in [-0.4, -0.2) is 16.5 Å². The van der Waals surface area contributed by atoms with Gasteiger partial charge in [0.05, 0.1) is 0 Å². The number of hydrogen-bond acceptors (Lipinski definition) is 2. The van der Waals surface area contributed by atoms with E-state index in [1.54, 1.807) is 0 Å². The Labute approximate surface area is 163 Å². The maximum absolute atomic E-state index is 8.74. The lowest BCUT2D eigenvalue weighted by Gasteiger charge is -2.03. The van der Waals surface area contributed by atoms with Gasteiger partial charge in [-0.1, -0.05) is 95.8 Å².